The number of aryl methyl sites for hydroxylation is 1. The normalized spacial score (nSPS) is 23.9. The third-order valence-corrected chi connectivity index (χ3v) is 5.03. The molecular weight excluding hydrogens is 308 g/mol. The number of hydrogen-bond donors (Lipinski definition) is 1. The predicted molar refractivity (Wildman–Crippen MR) is 96.8 cm³/mol. The topological polar surface area (TPSA) is 32.3 Å². The maximum Gasteiger partial charge on any atom is 0.226 e. The second-order valence-electron chi connectivity index (χ2n) is 6.94. The van der Waals surface area contributed by atoms with Gasteiger partial charge in [-0.1, -0.05) is 31.2 Å². The van der Waals surface area contributed by atoms with E-state index in [1.807, 2.05) is 0 Å². The minimum atomic E-state index is 0. The van der Waals surface area contributed by atoms with E-state index in [1.165, 1.54) is 24.0 Å². The smallest absolute Gasteiger partial charge is 0.226 e. The van der Waals surface area contributed by atoms with Gasteiger partial charge in [-0.25, -0.2) is 0 Å². The molecule has 1 aromatic rings. The van der Waals surface area contributed by atoms with E-state index in [2.05, 4.69) is 48.3 Å². The van der Waals surface area contributed by atoms with E-state index in [1.54, 1.807) is 0 Å². The Labute approximate surface area is 146 Å². The van der Waals surface area contributed by atoms with Gasteiger partial charge in [0.2, 0.25) is 5.91 Å². The number of nitrogens with one attached hydrogen (secondary N) is 1. The van der Waals surface area contributed by atoms with Crippen molar-refractivity contribution in [2.24, 2.45) is 5.92 Å². The van der Waals surface area contributed by atoms with Crippen molar-refractivity contribution in [3.63, 3.8) is 0 Å². The highest BCUT2D eigenvalue weighted by Crippen LogP contribution is 2.31. The third-order valence-electron chi connectivity index (χ3n) is 5.03. The number of halogens is 1. The van der Waals surface area contributed by atoms with E-state index in [0.717, 1.165) is 32.4 Å². The molecule has 2 aliphatic rings. The van der Waals surface area contributed by atoms with Crippen LogP contribution in [0.4, 0.5) is 0 Å². The number of hydrogen-bond acceptors (Lipinski definition) is 2. The summed E-state index contributed by atoms with van der Waals surface area (Å²) in [6.07, 6.45) is 5.40. The summed E-state index contributed by atoms with van der Waals surface area (Å²) in [4.78, 5) is 15.1. The van der Waals surface area contributed by atoms with Crippen LogP contribution in [-0.4, -0.2) is 29.4 Å². The summed E-state index contributed by atoms with van der Waals surface area (Å²) in [7, 11) is 0. The zero-order valence-electron chi connectivity index (χ0n) is 14.3. The summed E-state index contributed by atoms with van der Waals surface area (Å²) in [6, 6.07) is 9.71. The van der Waals surface area contributed by atoms with Crippen LogP contribution < -0.4 is 5.32 Å². The van der Waals surface area contributed by atoms with Gasteiger partial charge < -0.3 is 10.2 Å². The molecule has 1 N–H and O–H groups in total. The molecule has 23 heavy (non-hydrogen) atoms. The Balaban J connectivity index is 0.00000192. The molecule has 1 heterocycles. The molecule has 0 unspecified atom stereocenters. The van der Waals surface area contributed by atoms with Crippen molar-refractivity contribution >= 4 is 18.3 Å². The van der Waals surface area contributed by atoms with Crippen LogP contribution in [0.25, 0.3) is 0 Å². The molecule has 0 bridgehead atoms. The molecule has 3 nitrogen and oxygen atoms in total. The average Bonchev–Trinajstić information content (AvgIpc) is 3.37. The molecule has 3 rings (SSSR count). The Morgan fingerprint density at radius 3 is 2.39 bits per heavy atom. The third kappa shape index (κ3) is 4.71. The number of rotatable bonds is 5. The van der Waals surface area contributed by atoms with Crippen molar-refractivity contribution in [1.82, 2.24) is 10.2 Å². The van der Waals surface area contributed by atoms with Crippen molar-refractivity contribution in [1.29, 1.82) is 0 Å². The molecule has 0 spiro atoms. The highest BCUT2D eigenvalue weighted by atomic mass is 35.5. The van der Waals surface area contributed by atoms with Gasteiger partial charge in [0.05, 0.1) is 0 Å². The average molecular weight is 337 g/mol. The van der Waals surface area contributed by atoms with Gasteiger partial charge in [0.25, 0.3) is 0 Å². The van der Waals surface area contributed by atoms with Crippen LogP contribution in [0.15, 0.2) is 24.3 Å². The second kappa shape index (κ2) is 8.16. The first-order valence-corrected chi connectivity index (χ1v) is 8.79. The SMILES string of the molecule is CCc1ccc(CN(C(=O)[C@H]2CCN[C@@H](C)C2)C2CC2)cc1.Cl. The standard InChI is InChI=1S/C19H28N2O.ClH/c1-3-15-4-6-16(7-5-15)13-21(18-8-9-18)19(22)17-10-11-20-14(2)12-17;/h4-7,14,17-18,20H,3,8-13H2,1-2H3;1H/t14-,17-;/m0./s1. The lowest BCUT2D eigenvalue weighted by molar-refractivity contribution is -0.138. The lowest BCUT2D eigenvalue weighted by Crippen LogP contribution is -2.44. The van der Waals surface area contributed by atoms with Crippen LogP contribution in [0.3, 0.4) is 0 Å². The molecule has 1 aliphatic carbocycles. The molecule has 1 saturated heterocycles. The fourth-order valence-corrected chi connectivity index (χ4v) is 3.44. The molecule has 0 radical (unpaired) electrons. The minimum Gasteiger partial charge on any atom is -0.335 e. The van der Waals surface area contributed by atoms with Gasteiger partial charge in [-0.05, 0) is 56.7 Å². The maximum absolute atomic E-state index is 13.0. The fourth-order valence-electron chi connectivity index (χ4n) is 3.44. The van der Waals surface area contributed by atoms with Crippen molar-refractivity contribution in [3.8, 4) is 0 Å². The minimum absolute atomic E-state index is 0. The summed E-state index contributed by atoms with van der Waals surface area (Å²) < 4.78 is 0. The van der Waals surface area contributed by atoms with Crippen LogP contribution in [0.5, 0.6) is 0 Å². The molecule has 1 saturated carbocycles. The second-order valence-corrected chi connectivity index (χ2v) is 6.94. The van der Waals surface area contributed by atoms with E-state index < -0.39 is 0 Å². The van der Waals surface area contributed by atoms with Gasteiger partial charge in [0, 0.05) is 24.5 Å². The van der Waals surface area contributed by atoms with Crippen LogP contribution in [0, 0.1) is 5.92 Å². The molecule has 4 heteroatoms. The summed E-state index contributed by atoms with van der Waals surface area (Å²) in [5.74, 6) is 0.599. The van der Waals surface area contributed by atoms with Crippen LogP contribution >= 0.6 is 12.4 Å². The Kier molecular flexibility index (Phi) is 6.49. The maximum atomic E-state index is 13.0. The molecule has 2 fully saturated rings. The van der Waals surface area contributed by atoms with Gasteiger partial charge in [0.1, 0.15) is 0 Å². The summed E-state index contributed by atoms with van der Waals surface area (Å²) >= 11 is 0. The van der Waals surface area contributed by atoms with Crippen molar-refractivity contribution in [3.05, 3.63) is 35.4 Å². The largest absolute Gasteiger partial charge is 0.335 e. The number of piperidine rings is 1. The highest BCUT2D eigenvalue weighted by Gasteiger charge is 2.36. The van der Waals surface area contributed by atoms with Gasteiger partial charge >= 0.3 is 0 Å². The first-order valence-electron chi connectivity index (χ1n) is 8.79. The van der Waals surface area contributed by atoms with Crippen LogP contribution in [0.2, 0.25) is 0 Å². The zero-order chi connectivity index (χ0) is 15.5. The fraction of sp³-hybridized carbons (Fsp3) is 0.632. The highest BCUT2D eigenvalue weighted by molar-refractivity contribution is 5.85. The van der Waals surface area contributed by atoms with Gasteiger partial charge in [-0.15, -0.1) is 12.4 Å². The molecule has 2 atom stereocenters. The summed E-state index contributed by atoms with van der Waals surface area (Å²) in [6.45, 7) is 6.12. The Morgan fingerprint density at radius 1 is 1.17 bits per heavy atom. The number of carbonyl (C=O) groups is 1. The molecule has 1 amide bonds. The Morgan fingerprint density at radius 2 is 1.83 bits per heavy atom. The van der Waals surface area contributed by atoms with Crippen molar-refractivity contribution in [2.45, 2.75) is 64.6 Å². The molecule has 128 valence electrons. The number of amides is 1. The van der Waals surface area contributed by atoms with E-state index in [0.29, 0.717) is 18.0 Å². The Hall–Kier alpha value is -1.06. The molecular formula is C19H29ClN2O. The number of carbonyl (C=O) groups excluding carboxylic acids is 1. The predicted octanol–water partition coefficient (Wildman–Crippen LogP) is 3.55. The van der Waals surface area contributed by atoms with Crippen molar-refractivity contribution in [2.75, 3.05) is 6.54 Å². The monoisotopic (exact) mass is 336 g/mol. The summed E-state index contributed by atoms with van der Waals surface area (Å²) in [5.41, 5.74) is 2.62. The van der Waals surface area contributed by atoms with Crippen molar-refractivity contribution < 1.29 is 4.79 Å². The zero-order valence-corrected chi connectivity index (χ0v) is 15.1. The molecule has 1 aromatic carbocycles. The quantitative estimate of drug-likeness (QED) is 0.891. The van der Waals surface area contributed by atoms with E-state index >= 15 is 0 Å². The number of benzene rings is 1. The van der Waals surface area contributed by atoms with Crippen LogP contribution in [0.1, 0.15) is 50.7 Å². The lowest BCUT2D eigenvalue weighted by atomic mass is 9.91. The first kappa shape index (κ1) is 18.3. The van der Waals surface area contributed by atoms with E-state index in [4.69, 9.17) is 0 Å². The summed E-state index contributed by atoms with van der Waals surface area (Å²) in [5, 5.41) is 3.44. The molecule has 0 aromatic heterocycles. The van der Waals surface area contributed by atoms with E-state index in [9.17, 15) is 4.79 Å². The lowest BCUT2D eigenvalue weighted by Gasteiger charge is -2.32. The Bertz CT molecular complexity index is 513. The van der Waals surface area contributed by atoms with Gasteiger partial charge in [-0.2, -0.15) is 0 Å². The first-order chi connectivity index (χ1) is 10.7. The van der Waals surface area contributed by atoms with E-state index in [-0.39, 0.29) is 18.3 Å². The van der Waals surface area contributed by atoms with Crippen LogP contribution in [-0.2, 0) is 17.8 Å². The van der Waals surface area contributed by atoms with Gasteiger partial charge in [0.15, 0.2) is 0 Å². The number of nitrogens with zero attached hydrogens (tertiary/aromatic N) is 1. The van der Waals surface area contributed by atoms with Gasteiger partial charge in [-0.3, -0.25) is 4.79 Å². The molecule has 1 aliphatic heterocycles.